The predicted molar refractivity (Wildman–Crippen MR) is 83.5 cm³/mol. The number of fused-ring (bicyclic) bond motifs is 1. The molecule has 23 heavy (non-hydrogen) atoms. The Bertz CT molecular complexity index is 904. The lowest BCUT2D eigenvalue weighted by Crippen LogP contribution is -2.07. The molecule has 0 aliphatic heterocycles. The average molecular weight is 318 g/mol. The summed E-state index contributed by atoms with van der Waals surface area (Å²) in [5.74, 6) is 0.191. The molecule has 0 unspecified atom stereocenters. The van der Waals surface area contributed by atoms with Crippen LogP contribution in [0.4, 0.5) is 24.9 Å². The molecule has 0 fully saturated rings. The summed E-state index contributed by atoms with van der Waals surface area (Å²) >= 11 is 0. The number of halogens is 3. The van der Waals surface area contributed by atoms with Crippen molar-refractivity contribution >= 4 is 22.7 Å². The molecule has 0 saturated heterocycles. The molecular weight excluding hydrogens is 305 g/mol. The van der Waals surface area contributed by atoms with Crippen LogP contribution in [0, 0.1) is 6.92 Å². The van der Waals surface area contributed by atoms with Gasteiger partial charge in [0.25, 0.3) is 0 Å². The van der Waals surface area contributed by atoms with E-state index in [1.807, 2.05) is 0 Å². The van der Waals surface area contributed by atoms with Crippen LogP contribution in [0.1, 0.15) is 11.1 Å². The fourth-order valence-corrected chi connectivity index (χ4v) is 2.66. The normalized spacial score (nSPS) is 11.8. The van der Waals surface area contributed by atoms with Crippen LogP contribution in [0.5, 0.6) is 0 Å². The van der Waals surface area contributed by atoms with E-state index in [-0.39, 0.29) is 17.3 Å². The Hall–Kier alpha value is -2.83. The van der Waals surface area contributed by atoms with Crippen molar-refractivity contribution in [2.45, 2.75) is 13.1 Å². The number of nitrogen functional groups attached to an aromatic ring is 2. The number of anilines is 2. The van der Waals surface area contributed by atoms with Crippen LogP contribution in [-0.4, -0.2) is 9.97 Å². The van der Waals surface area contributed by atoms with Gasteiger partial charge >= 0.3 is 6.18 Å². The second kappa shape index (κ2) is 5.12. The number of aromatic nitrogens is 2. The maximum Gasteiger partial charge on any atom is 0.417 e. The number of benzene rings is 2. The van der Waals surface area contributed by atoms with Crippen LogP contribution < -0.4 is 11.5 Å². The summed E-state index contributed by atoms with van der Waals surface area (Å²) in [5.41, 5.74) is 12.3. The molecule has 2 aromatic carbocycles. The lowest BCUT2D eigenvalue weighted by Gasteiger charge is -2.14. The molecule has 0 saturated carbocycles. The molecule has 3 rings (SSSR count). The number of hydrogen-bond acceptors (Lipinski definition) is 4. The minimum absolute atomic E-state index is 0.0179. The van der Waals surface area contributed by atoms with Gasteiger partial charge in [-0.1, -0.05) is 24.3 Å². The van der Waals surface area contributed by atoms with E-state index in [0.29, 0.717) is 22.0 Å². The summed E-state index contributed by atoms with van der Waals surface area (Å²) in [7, 11) is 0. The van der Waals surface area contributed by atoms with Crippen molar-refractivity contribution in [2.75, 3.05) is 11.5 Å². The SMILES string of the molecule is Cc1cc(-c2ccccc2C(F)(F)F)cc2nc(N)nc(N)c12. The van der Waals surface area contributed by atoms with E-state index in [1.54, 1.807) is 25.1 Å². The van der Waals surface area contributed by atoms with Gasteiger partial charge in [0.2, 0.25) is 5.95 Å². The van der Waals surface area contributed by atoms with Gasteiger partial charge in [-0.2, -0.15) is 18.2 Å². The fourth-order valence-electron chi connectivity index (χ4n) is 2.66. The number of nitrogens with zero attached hydrogens (tertiary/aromatic N) is 2. The van der Waals surface area contributed by atoms with Gasteiger partial charge in [-0.25, -0.2) is 4.98 Å². The molecule has 0 spiro atoms. The first-order valence-electron chi connectivity index (χ1n) is 6.77. The molecule has 4 nitrogen and oxygen atoms in total. The zero-order valence-corrected chi connectivity index (χ0v) is 12.1. The van der Waals surface area contributed by atoms with Crippen LogP contribution >= 0.6 is 0 Å². The van der Waals surface area contributed by atoms with Crippen LogP contribution in [0.25, 0.3) is 22.0 Å². The lowest BCUT2D eigenvalue weighted by atomic mass is 9.96. The van der Waals surface area contributed by atoms with Crippen molar-refractivity contribution in [1.29, 1.82) is 0 Å². The van der Waals surface area contributed by atoms with Crippen molar-refractivity contribution in [2.24, 2.45) is 0 Å². The van der Waals surface area contributed by atoms with Gasteiger partial charge in [0.1, 0.15) is 5.82 Å². The molecule has 3 aromatic rings. The summed E-state index contributed by atoms with van der Waals surface area (Å²) in [6.45, 7) is 1.75. The molecule has 0 radical (unpaired) electrons. The topological polar surface area (TPSA) is 77.8 Å². The zero-order valence-electron chi connectivity index (χ0n) is 12.1. The highest BCUT2D eigenvalue weighted by atomic mass is 19.4. The maximum atomic E-state index is 13.2. The highest BCUT2D eigenvalue weighted by molar-refractivity contribution is 5.95. The Morgan fingerprint density at radius 3 is 2.39 bits per heavy atom. The first-order valence-corrected chi connectivity index (χ1v) is 6.77. The minimum Gasteiger partial charge on any atom is -0.383 e. The Morgan fingerprint density at radius 1 is 1.00 bits per heavy atom. The summed E-state index contributed by atoms with van der Waals surface area (Å²) in [5, 5.41) is 0.590. The number of nitrogens with two attached hydrogens (primary N) is 2. The molecule has 0 bridgehead atoms. The third-order valence-corrected chi connectivity index (χ3v) is 3.58. The van der Waals surface area contributed by atoms with Gasteiger partial charge < -0.3 is 11.5 Å². The summed E-state index contributed by atoms with van der Waals surface area (Å²) < 4.78 is 39.6. The zero-order chi connectivity index (χ0) is 16.8. The van der Waals surface area contributed by atoms with Crippen molar-refractivity contribution in [3.8, 4) is 11.1 Å². The van der Waals surface area contributed by atoms with Crippen molar-refractivity contribution < 1.29 is 13.2 Å². The maximum absolute atomic E-state index is 13.2. The molecule has 1 aromatic heterocycles. The largest absolute Gasteiger partial charge is 0.417 e. The highest BCUT2D eigenvalue weighted by Gasteiger charge is 2.33. The average Bonchev–Trinajstić information content (AvgIpc) is 2.45. The number of alkyl halides is 3. The van der Waals surface area contributed by atoms with Gasteiger partial charge in [0.05, 0.1) is 11.1 Å². The molecule has 0 aliphatic rings. The third kappa shape index (κ3) is 2.65. The number of aryl methyl sites for hydroxylation is 1. The van der Waals surface area contributed by atoms with E-state index < -0.39 is 11.7 Å². The Morgan fingerprint density at radius 2 is 1.70 bits per heavy atom. The highest BCUT2D eigenvalue weighted by Crippen LogP contribution is 2.38. The van der Waals surface area contributed by atoms with E-state index in [2.05, 4.69) is 9.97 Å². The molecule has 118 valence electrons. The van der Waals surface area contributed by atoms with Gasteiger partial charge in [-0.05, 0) is 35.7 Å². The van der Waals surface area contributed by atoms with Gasteiger partial charge in [0, 0.05) is 5.39 Å². The van der Waals surface area contributed by atoms with Gasteiger partial charge in [0.15, 0.2) is 0 Å². The molecule has 0 atom stereocenters. The van der Waals surface area contributed by atoms with E-state index in [1.165, 1.54) is 12.1 Å². The first-order chi connectivity index (χ1) is 10.8. The standard InChI is InChI=1S/C16H13F3N4/c1-8-6-9(7-12-13(8)14(20)23-15(21)22-12)10-4-2-3-5-11(10)16(17,18)19/h2-7H,1H3,(H4,20,21,22,23). The molecular formula is C16H13F3N4. The molecule has 7 heteroatoms. The Balaban J connectivity index is 2.31. The van der Waals surface area contributed by atoms with E-state index in [0.717, 1.165) is 6.07 Å². The van der Waals surface area contributed by atoms with Crippen molar-refractivity contribution in [3.63, 3.8) is 0 Å². The van der Waals surface area contributed by atoms with E-state index in [4.69, 9.17) is 11.5 Å². The van der Waals surface area contributed by atoms with Crippen LogP contribution in [0.15, 0.2) is 36.4 Å². The summed E-state index contributed by atoms with van der Waals surface area (Å²) in [6, 6.07) is 8.59. The van der Waals surface area contributed by atoms with Crippen LogP contribution in [0.2, 0.25) is 0 Å². The minimum atomic E-state index is -4.44. The monoisotopic (exact) mass is 318 g/mol. The summed E-state index contributed by atoms with van der Waals surface area (Å²) in [4.78, 5) is 7.97. The van der Waals surface area contributed by atoms with Crippen molar-refractivity contribution in [1.82, 2.24) is 9.97 Å². The van der Waals surface area contributed by atoms with Gasteiger partial charge in [-0.3, -0.25) is 0 Å². The second-order valence-corrected chi connectivity index (χ2v) is 5.20. The Kier molecular flexibility index (Phi) is 3.35. The molecule has 4 N–H and O–H groups in total. The first kappa shape index (κ1) is 15.1. The van der Waals surface area contributed by atoms with Gasteiger partial charge in [-0.15, -0.1) is 0 Å². The smallest absolute Gasteiger partial charge is 0.383 e. The molecule has 0 aliphatic carbocycles. The Labute approximate surface area is 130 Å². The predicted octanol–water partition coefficient (Wildman–Crippen LogP) is 3.79. The van der Waals surface area contributed by atoms with E-state index >= 15 is 0 Å². The van der Waals surface area contributed by atoms with Crippen LogP contribution in [-0.2, 0) is 6.18 Å². The quantitative estimate of drug-likeness (QED) is 0.715. The fraction of sp³-hybridized carbons (Fsp3) is 0.125. The summed E-state index contributed by atoms with van der Waals surface area (Å²) in [6.07, 6.45) is -4.44. The lowest BCUT2D eigenvalue weighted by molar-refractivity contribution is -0.137. The number of hydrogen-bond donors (Lipinski definition) is 2. The van der Waals surface area contributed by atoms with E-state index in [9.17, 15) is 13.2 Å². The van der Waals surface area contributed by atoms with Crippen molar-refractivity contribution in [3.05, 3.63) is 47.5 Å². The second-order valence-electron chi connectivity index (χ2n) is 5.20. The molecule has 0 amide bonds. The molecule has 1 heterocycles. The number of rotatable bonds is 1. The third-order valence-electron chi connectivity index (χ3n) is 3.58. The van der Waals surface area contributed by atoms with Crippen LogP contribution in [0.3, 0.4) is 0 Å².